The minimum absolute atomic E-state index is 0.0722. The third-order valence-electron chi connectivity index (χ3n) is 5.39. The first-order valence-electron chi connectivity index (χ1n) is 10.0. The number of benzene rings is 1. The van der Waals surface area contributed by atoms with Crippen molar-refractivity contribution in [2.45, 2.75) is 32.6 Å². The van der Waals surface area contributed by atoms with Crippen LogP contribution in [0.25, 0.3) is 0 Å². The van der Waals surface area contributed by atoms with Gasteiger partial charge >= 0.3 is 0 Å². The summed E-state index contributed by atoms with van der Waals surface area (Å²) in [5.74, 6) is 0.649. The lowest BCUT2D eigenvalue weighted by molar-refractivity contribution is 0.0690. The lowest BCUT2D eigenvalue weighted by Gasteiger charge is -2.32. The first-order valence-corrected chi connectivity index (χ1v) is 11.9. The maximum Gasteiger partial charge on any atom is 0.255 e. The second kappa shape index (κ2) is 9.50. The van der Waals surface area contributed by atoms with E-state index < -0.39 is 10.0 Å². The summed E-state index contributed by atoms with van der Waals surface area (Å²) in [5.41, 5.74) is 3.99. The maximum atomic E-state index is 12.6. The fourth-order valence-electron chi connectivity index (χ4n) is 3.67. The summed E-state index contributed by atoms with van der Waals surface area (Å²) in [7, 11) is -3.13. The molecule has 1 saturated heterocycles. The van der Waals surface area contributed by atoms with Crippen molar-refractivity contribution in [2.75, 3.05) is 25.9 Å². The van der Waals surface area contributed by atoms with E-state index in [1.807, 2.05) is 24.0 Å². The molecule has 0 aliphatic carbocycles. The number of aryl methyl sites for hydroxylation is 1. The Morgan fingerprint density at radius 3 is 2.34 bits per heavy atom. The summed E-state index contributed by atoms with van der Waals surface area (Å²) in [4.78, 5) is 18.8. The van der Waals surface area contributed by atoms with Gasteiger partial charge in [0.15, 0.2) is 0 Å². The molecular weight excluding hydrogens is 386 g/mol. The summed E-state index contributed by atoms with van der Waals surface area (Å²) < 4.78 is 24.7. The topological polar surface area (TPSA) is 79.4 Å². The largest absolute Gasteiger partial charge is 0.339 e. The average molecular weight is 416 g/mol. The summed E-state index contributed by atoms with van der Waals surface area (Å²) in [6, 6.07) is 12.1. The number of hydrogen-bond acceptors (Lipinski definition) is 4. The van der Waals surface area contributed by atoms with E-state index >= 15 is 0 Å². The molecule has 2 aromatic rings. The van der Waals surface area contributed by atoms with Crippen LogP contribution in [0.3, 0.4) is 0 Å². The molecule has 7 heteroatoms. The van der Waals surface area contributed by atoms with Crippen LogP contribution in [0.1, 0.15) is 40.0 Å². The second-order valence-electron chi connectivity index (χ2n) is 7.86. The molecule has 1 aromatic heterocycles. The van der Waals surface area contributed by atoms with Crippen molar-refractivity contribution in [1.29, 1.82) is 0 Å². The minimum atomic E-state index is -3.13. The normalized spacial score (nSPS) is 15.4. The van der Waals surface area contributed by atoms with Gasteiger partial charge in [-0.3, -0.25) is 9.78 Å². The summed E-state index contributed by atoms with van der Waals surface area (Å²) >= 11 is 0. The highest BCUT2D eigenvalue weighted by molar-refractivity contribution is 7.88. The van der Waals surface area contributed by atoms with E-state index in [4.69, 9.17) is 0 Å². The minimum Gasteiger partial charge on any atom is -0.339 e. The van der Waals surface area contributed by atoms with E-state index in [0.717, 1.165) is 43.6 Å². The number of hydrogen-bond donors (Lipinski definition) is 1. The summed E-state index contributed by atoms with van der Waals surface area (Å²) in [5, 5.41) is 0. The molecule has 29 heavy (non-hydrogen) atoms. The third-order valence-corrected chi connectivity index (χ3v) is 6.11. The van der Waals surface area contributed by atoms with Gasteiger partial charge in [-0.2, -0.15) is 0 Å². The van der Waals surface area contributed by atoms with Crippen molar-refractivity contribution in [3.8, 4) is 0 Å². The Morgan fingerprint density at radius 1 is 1.10 bits per heavy atom. The highest BCUT2D eigenvalue weighted by atomic mass is 32.2. The Balaban J connectivity index is 1.45. The van der Waals surface area contributed by atoms with Crippen LogP contribution in [-0.4, -0.2) is 50.1 Å². The molecule has 3 rings (SSSR count). The van der Waals surface area contributed by atoms with Gasteiger partial charge in [0, 0.05) is 31.5 Å². The maximum absolute atomic E-state index is 12.6. The van der Waals surface area contributed by atoms with Crippen molar-refractivity contribution in [1.82, 2.24) is 14.6 Å². The number of sulfonamides is 1. The highest BCUT2D eigenvalue weighted by Gasteiger charge is 2.24. The number of pyridine rings is 1. The van der Waals surface area contributed by atoms with Crippen LogP contribution in [0.15, 0.2) is 42.6 Å². The fourth-order valence-corrected chi connectivity index (χ4v) is 4.15. The number of piperidine rings is 1. The van der Waals surface area contributed by atoms with Crippen LogP contribution in [-0.2, 0) is 22.9 Å². The predicted octanol–water partition coefficient (Wildman–Crippen LogP) is 2.58. The monoisotopic (exact) mass is 415 g/mol. The van der Waals surface area contributed by atoms with E-state index in [1.165, 1.54) is 11.8 Å². The molecule has 0 atom stereocenters. The number of aromatic nitrogens is 1. The van der Waals surface area contributed by atoms with Crippen LogP contribution < -0.4 is 4.72 Å². The van der Waals surface area contributed by atoms with Crippen molar-refractivity contribution in [3.05, 3.63) is 65.0 Å². The van der Waals surface area contributed by atoms with E-state index in [1.54, 1.807) is 6.20 Å². The van der Waals surface area contributed by atoms with Gasteiger partial charge in [0.1, 0.15) is 0 Å². The highest BCUT2D eigenvalue weighted by Crippen LogP contribution is 2.23. The lowest BCUT2D eigenvalue weighted by atomic mass is 9.89. The van der Waals surface area contributed by atoms with Gasteiger partial charge in [0.05, 0.1) is 11.8 Å². The molecule has 1 N–H and O–H groups in total. The first kappa shape index (κ1) is 21.5. The molecule has 1 amide bonds. The standard InChI is InChI=1S/C22H29N3O3S/c1-17-3-8-21(16-23-17)22(26)25-13-10-20(11-14-25)15-19-6-4-18(5-7-19)9-12-24-29(2,27)28/h3-8,16,20,24H,9-15H2,1-2H3. The fraction of sp³-hybridized carbons (Fsp3) is 0.455. The van der Waals surface area contributed by atoms with Gasteiger partial charge in [-0.15, -0.1) is 0 Å². The molecule has 156 valence electrons. The average Bonchev–Trinajstić information content (AvgIpc) is 2.69. The van der Waals surface area contributed by atoms with Crippen LogP contribution in [0.2, 0.25) is 0 Å². The molecule has 0 bridgehead atoms. The molecule has 1 aliphatic heterocycles. The zero-order valence-electron chi connectivity index (χ0n) is 17.1. The first-order chi connectivity index (χ1) is 13.8. The molecule has 1 fully saturated rings. The Morgan fingerprint density at radius 2 is 1.76 bits per heavy atom. The third kappa shape index (κ3) is 6.65. The van der Waals surface area contributed by atoms with Crippen molar-refractivity contribution < 1.29 is 13.2 Å². The number of likely N-dealkylation sites (tertiary alicyclic amines) is 1. The van der Waals surface area contributed by atoms with E-state index in [2.05, 4.69) is 34.0 Å². The molecule has 0 radical (unpaired) electrons. The number of nitrogens with zero attached hydrogens (tertiary/aromatic N) is 2. The van der Waals surface area contributed by atoms with Crippen molar-refractivity contribution >= 4 is 15.9 Å². The summed E-state index contributed by atoms with van der Waals surface area (Å²) in [6.45, 7) is 3.90. The molecule has 6 nitrogen and oxygen atoms in total. The Kier molecular flexibility index (Phi) is 7.03. The Hall–Kier alpha value is -2.25. The van der Waals surface area contributed by atoms with Gasteiger partial charge in [-0.25, -0.2) is 13.1 Å². The van der Waals surface area contributed by atoms with Gasteiger partial charge in [0.25, 0.3) is 5.91 Å². The lowest BCUT2D eigenvalue weighted by Crippen LogP contribution is -2.39. The summed E-state index contributed by atoms with van der Waals surface area (Å²) in [6.07, 6.45) is 6.54. The molecule has 1 aliphatic rings. The number of carbonyl (C=O) groups is 1. The molecule has 0 unspecified atom stereocenters. The van der Waals surface area contributed by atoms with Crippen LogP contribution >= 0.6 is 0 Å². The molecule has 0 spiro atoms. The number of nitrogens with one attached hydrogen (secondary N) is 1. The van der Waals surface area contributed by atoms with E-state index in [9.17, 15) is 13.2 Å². The Bertz CT molecular complexity index is 917. The van der Waals surface area contributed by atoms with Gasteiger partial charge in [-0.05, 0) is 61.8 Å². The number of rotatable bonds is 7. The zero-order valence-corrected chi connectivity index (χ0v) is 17.9. The predicted molar refractivity (Wildman–Crippen MR) is 114 cm³/mol. The van der Waals surface area contributed by atoms with E-state index in [-0.39, 0.29) is 5.91 Å². The van der Waals surface area contributed by atoms with Crippen LogP contribution in [0, 0.1) is 12.8 Å². The molecular formula is C22H29N3O3S. The number of carbonyl (C=O) groups excluding carboxylic acids is 1. The van der Waals surface area contributed by atoms with Crippen LogP contribution in [0.4, 0.5) is 0 Å². The molecule has 2 heterocycles. The van der Waals surface area contributed by atoms with E-state index in [0.29, 0.717) is 24.4 Å². The molecule has 0 saturated carbocycles. The zero-order chi connectivity index (χ0) is 20.9. The molecule has 1 aromatic carbocycles. The smallest absolute Gasteiger partial charge is 0.255 e. The van der Waals surface area contributed by atoms with Crippen molar-refractivity contribution in [2.24, 2.45) is 5.92 Å². The number of amides is 1. The van der Waals surface area contributed by atoms with Crippen molar-refractivity contribution in [3.63, 3.8) is 0 Å². The van der Waals surface area contributed by atoms with Gasteiger partial charge in [0.2, 0.25) is 10.0 Å². The second-order valence-corrected chi connectivity index (χ2v) is 9.69. The van der Waals surface area contributed by atoms with Gasteiger partial charge in [-0.1, -0.05) is 24.3 Å². The Labute approximate surface area is 173 Å². The SMILES string of the molecule is Cc1ccc(C(=O)N2CCC(Cc3ccc(CCNS(C)(=O)=O)cc3)CC2)cn1. The van der Waals surface area contributed by atoms with Crippen LogP contribution in [0.5, 0.6) is 0 Å². The van der Waals surface area contributed by atoms with Gasteiger partial charge < -0.3 is 4.90 Å². The quantitative estimate of drug-likeness (QED) is 0.754.